The SMILES string of the molecule is NC(c1ccc(Cl)cc1F)C1COC1. The lowest BCUT2D eigenvalue weighted by Gasteiger charge is -2.31. The van der Waals surface area contributed by atoms with Gasteiger partial charge in [0.15, 0.2) is 0 Å². The number of hydrogen-bond acceptors (Lipinski definition) is 2. The van der Waals surface area contributed by atoms with Crippen molar-refractivity contribution in [1.29, 1.82) is 0 Å². The molecule has 1 aliphatic rings. The van der Waals surface area contributed by atoms with Gasteiger partial charge in [-0.3, -0.25) is 0 Å². The van der Waals surface area contributed by atoms with Crippen LogP contribution in [0, 0.1) is 11.7 Å². The van der Waals surface area contributed by atoms with Crippen molar-refractivity contribution in [3.8, 4) is 0 Å². The lowest BCUT2D eigenvalue weighted by molar-refractivity contribution is -0.0446. The molecule has 1 saturated heterocycles. The first-order valence-corrected chi connectivity index (χ1v) is 4.84. The molecule has 1 heterocycles. The third kappa shape index (κ3) is 1.75. The summed E-state index contributed by atoms with van der Waals surface area (Å²) in [6.07, 6.45) is 0. The van der Waals surface area contributed by atoms with Gasteiger partial charge >= 0.3 is 0 Å². The van der Waals surface area contributed by atoms with Crippen LogP contribution in [0.15, 0.2) is 18.2 Å². The Morgan fingerprint density at radius 3 is 2.71 bits per heavy atom. The van der Waals surface area contributed by atoms with E-state index in [0.29, 0.717) is 23.8 Å². The van der Waals surface area contributed by atoms with Gasteiger partial charge in [0, 0.05) is 22.5 Å². The van der Waals surface area contributed by atoms with E-state index in [0.717, 1.165) is 0 Å². The van der Waals surface area contributed by atoms with Crippen molar-refractivity contribution in [3.63, 3.8) is 0 Å². The highest BCUT2D eigenvalue weighted by atomic mass is 35.5. The second-order valence-corrected chi connectivity index (χ2v) is 3.93. The molecule has 0 aliphatic carbocycles. The van der Waals surface area contributed by atoms with Gasteiger partial charge in [0.05, 0.1) is 13.2 Å². The third-order valence-corrected chi connectivity index (χ3v) is 2.73. The number of ether oxygens (including phenoxy) is 1. The number of halogens is 2. The minimum atomic E-state index is -0.336. The van der Waals surface area contributed by atoms with Gasteiger partial charge in [0.1, 0.15) is 5.82 Å². The Balaban J connectivity index is 2.22. The van der Waals surface area contributed by atoms with Crippen molar-refractivity contribution >= 4 is 11.6 Å². The molecule has 0 radical (unpaired) electrons. The van der Waals surface area contributed by atoms with E-state index < -0.39 is 0 Å². The van der Waals surface area contributed by atoms with Crippen LogP contribution in [0.3, 0.4) is 0 Å². The maximum Gasteiger partial charge on any atom is 0.129 e. The van der Waals surface area contributed by atoms with Gasteiger partial charge in [-0.05, 0) is 12.1 Å². The molecule has 4 heteroatoms. The molecule has 1 aliphatic heterocycles. The van der Waals surface area contributed by atoms with E-state index in [1.807, 2.05) is 0 Å². The predicted molar refractivity (Wildman–Crippen MR) is 52.6 cm³/mol. The fraction of sp³-hybridized carbons (Fsp3) is 0.400. The molecule has 2 rings (SSSR count). The van der Waals surface area contributed by atoms with Gasteiger partial charge in [0.2, 0.25) is 0 Å². The highest BCUT2D eigenvalue weighted by molar-refractivity contribution is 6.30. The second kappa shape index (κ2) is 3.85. The Morgan fingerprint density at radius 1 is 1.50 bits per heavy atom. The van der Waals surface area contributed by atoms with E-state index in [1.165, 1.54) is 6.07 Å². The zero-order valence-electron chi connectivity index (χ0n) is 7.54. The predicted octanol–water partition coefficient (Wildman–Crippen LogP) is 2.13. The molecule has 76 valence electrons. The molecule has 2 N–H and O–H groups in total. The molecule has 1 aromatic carbocycles. The number of rotatable bonds is 2. The van der Waals surface area contributed by atoms with Gasteiger partial charge in [0.25, 0.3) is 0 Å². The summed E-state index contributed by atoms with van der Waals surface area (Å²) in [5, 5.41) is 0.392. The van der Waals surface area contributed by atoms with Crippen LogP contribution < -0.4 is 5.73 Å². The first kappa shape index (κ1) is 9.90. The van der Waals surface area contributed by atoms with Crippen molar-refractivity contribution in [2.45, 2.75) is 6.04 Å². The monoisotopic (exact) mass is 215 g/mol. The van der Waals surface area contributed by atoms with E-state index in [2.05, 4.69) is 0 Å². The standard InChI is InChI=1S/C10H11ClFNO/c11-7-1-2-8(9(12)3-7)10(13)6-4-14-5-6/h1-3,6,10H,4-5,13H2. The summed E-state index contributed by atoms with van der Waals surface area (Å²) in [4.78, 5) is 0. The summed E-state index contributed by atoms with van der Waals surface area (Å²) in [7, 11) is 0. The molecule has 1 aromatic rings. The topological polar surface area (TPSA) is 35.2 Å². The van der Waals surface area contributed by atoms with Crippen molar-refractivity contribution in [2.75, 3.05) is 13.2 Å². The molecule has 1 unspecified atom stereocenters. The van der Waals surface area contributed by atoms with Crippen molar-refractivity contribution < 1.29 is 9.13 Å². The Hall–Kier alpha value is -0.640. The van der Waals surface area contributed by atoms with E-state index >= 15 is 0 Å². The summed E-state index contributed by atoms with van der Waals surface area (Å²) in [5.41, 5.74) is 6.40. The Labute approximate surface area is 86.8 Å². The molecule has 0 aromatic heterocycles. The molecule has 2 nitrogen and oxygen atoms in total. The fourth-order valence-corrected chi connectivity index (χ4v) is 1.65. The smallest absolute Gasteiger partial charge is 0.129 e. The molecule has 0 amide bonds. The Bertz CT molecular complexity index is 341. The van der Waals surface area contributed by atoms with Gasteiger partial charge < -0.3 is 10.5 Å². The lowest BCUT2D eigenvalue weighted by atomic mass is 9.92. The average molecular weight is 216 g/mol. The second-order valence-electron chi connectivity index (χ2n) is 3.49. The van der Waals surface area contributed by atoms with Crippen molar-refractivity contribution in [1.82, 2.24) is 0 Å². The van der Waals surface area contributed by atoms with Crippen LogP contribution in [0.4, 0.5) is 4.39 Å². The van der Waals surface area contributed by atoms with E-state index in [9.17, 15) is 4.39 Å². The van der Waals surface area contributed by atoms with Crippen molar-refractivity contribution in [3.05, 3.63) is 34.6 Å². The molecule has 0 bridgehead atoms. The minimum absolute atomic E-state index is 0.227. The molecular weight excluding hydrogens is 205 g/mol. The van der Waals surface area contributed by atoms with Gasteiger partial charge in [-0.15, -0.1) is 0 Å². The van der Waals surface area contributed by atoms with Gasteiger partial charge in [-0.1, -0.05) is 17.7 Å². The fourth-order valence-electron chi connectivity index (χ4n) is 1.49. The largest absolute Gasteiger partial charge is 0.381 e. The number of hydrogen-bond donors (Lipinski definition) is 1. The van der Waals surface area contributed by atoms with Gasteiger partial charge in [-0.2, -0.15) is 0 Å². The number of benzene rings is 1. The Morgan fingerprint density at radius 2 is 2.21 bits per heavy atom. The van der Waals surface area contributed by atoms with Crippen LogP contribution in [-0.2, 0) is 4.74 Å². The van der Waals surface area contributed by atoms with Crippen LogP contribution in [0.5, 0.6) is 0 Å². The molecule has 1 atom stereocenters. The van der Waals surface area contributed by atoms with Gasteiger partial charge in [-0.25, -0.2) is 4.39 Å². The highest BCUT2D eigenvalue weighted by Crippen LogP contribution is 2.28. The molecule has 0 spiro atoms. The summed E-state index contributed by atoms with van der Waals surface area (Å²) >= 11 is 5.64. The van der Waals surface area contributed by atoms with Crippen LogP contribution >= 0.6 is 11.6 Å². The maximum absolute atomic E-state index is 13.4. The Kier molecular flexibility index (Phi) is 2.72. The summed E-state index contributed by atoms with van der Waals surface area (Å²) in [5.74, 6) is -0.109. The zero-order chi connectivity index (χ0) is 10.1. The molecule has 0 saturated carbocycles. The summed E-state index contributed by atoms with van der Waals surface area (Å²) in [6, 6.07) is 4.29. The summed E-state index contributed by atoms with van der Waals surface area (Å²) < 4.78 is 18.4. The van der Waals surface area contributed by atoms with Crippen LogP contribution in [0.2, 0.25) is 5.02 Å². The minimum Gasteiger partial charge on any atom is -0.381 e. The third-order valence-electron chi connectivity index (χ3n) is 2.49. The number of nitrogens with two attached hydrogens (primary N) is 1. The zero-order valence-corrected chi connectivity index (χ0v) is 8.30. The summed E-state index contributed by atoms with van der Waals surface area (Å²) in [6.45, 7) is 1.23. The van der Waals surface area contributed by atoms with Crippen molar-refractivity contribution in [2.24, 2.45) is 11.7 Å². The van der Waals surface area contributed by atoms with E-state index in [-0.39, 0.29) is 17.8 Å². The van der Waals surface area contributed by atoms with Crippen LogP contribution in [-0.4, -0.2) is 13.2 Å². The van der Waals surface area contributed by atoms with E-state index in [1.54, 1.807) is 12.1 Å². The first-order chi connectivity index (χ1) is 6.68. The first-order valence-electron chi connectivity index (χ1n) is 4.47. The van der Waals surface area contributed by atoms with E-state index in [4.69, 9.17) is 22.1 Å². The quantitative estimate of drug-likeness (QED) is 0.820. The molecule has 14 heavy (non-hydrogen) atoms. The maximum atomic E-state index is 13.4. The average Bonchev–Trinajstić information content (AvgIpc) is 2.00. The normalized spacial score (nSPS) is 19.1. The lowest BCUT2D eigenvalue weighted by Crippen LogP contribution is -2.37. The van der Waals surface area contributed by atoms with Crippen LogP contribution in [0.1, 0.15) is 11.6 Å². The molecular formula is C10H11ClFNO. The highest BCUT2D eigenvalue weighted by Gasteiger charge is 2.28. The molecule has 1 fully saturated rings. The van der Waals surface area contributed by atoms with Crippen LogP contribution in [0.25, 0.3) is 0 Å².